The Morgan fingerprint density at radius 3 is 2.67 bits per heavy atom. The van der Waals surface area contributed by atoms with Crippen molar-refractivity contribution < 1.29 is 13.3 Å². The highest BCUT2D eigenvalue weighted by Crippen LogP contribution is 2.25. The van der Waals surface area contributed by atoms with Crippen LogP contribution in [0.4, 0.5) is 14.5 Å². The predicted molar refractivity (Wildman–Crippen MR) is 84.9 cm³/mol. The summed E-state index contributed by atoms with van der Waals surface area (Å²) < 4.78 is 31.6. The summed E-state index contributed by atoms with van der Waals surface area (Å²) in [5.74, 6) is -1.09. The van der Waals surface area contributed by atoms with Gasteiger partial charge in [0, 0.05) is 24.3 Å². The lowest BCUT2D eigenvalue weighted by molar-refractivity contribution is 0.395. The van der Waals surface area contributed by atoms with E-state index in [1.54, 1.807) is 0 Å². The number of benzene rings is 2. The highest BCUT2D eigenvalue weighted by molar-refractivity contribution is 5.71. The zero-order valence-electron chi connectivity index (χ0n) is 12.4. The van der Waals surface area contributed by atoms with Gasteiger partial charge in [-0.3, -0.25) is 4.99 Å². The highest BCUT2D eigenvalue weighted by Gasteiger charge is 2.16. The number of hydrogen-bond acceptors (Lipinski definition) is 4. The topological polar surface area (TPSA) is 62.2 Å². The summed E-state index contributed by atoms with van der Waals surface area (Å²) in [7, 11) is 0. The highest BCUT2D eigenvalue weighted by atomic mass is 19.1. The second-order valence-corrected chi connectivity index (χ2v) is 4.92. The minimum Gasteiger partial charge on any atom is -0.359 e. The summed E-state index contributed by atoms with van der Waals surface area (Å²) >= 11 is 0. The van der Waals surface area contributed by atoms with Gasteiger partial charge < -0.3 is 4.52 Å². The molecule has 1 heterocycles. The molecule has 2 aromatic carbocycles. The van der Waals surface area contributed by atoms with Crippen LogP contribution in [-0.2, 0) is 6.42 Å². The molecule has 6 heteroatoms. The van der Waals surface area contributed by atoms with Crippen molar-refractivity contribution in [3.8, 4) is 17.3 Å². The number of nitrogens with zero attached hydrogens (tertiary/aromatic N) is 3. The lowest BCUT2D eigenvalue weighted by atomic mass is 10.1. The van der Waals surface area contributed by atoms with Crippen LogP contribution in [0.25, 0.3) is 11.3 Å². The first-order valence-electron chi connectivity index (χ1n) is 7.10. The molecule has 0 radical (unpaired) electrons. The van der Waals surface area contributed by atoms with Gasteiger partial charge in [-0.1, -0.05) is 35.5 Å². The first-order chi connectivity index (χ1) is 11.7. The molecule has 4 nitrogen and oxygen atoms in total. The molecule has 24 heavy (non-hydrogen) atoms. The van der Waals surface area contributed by atoms with Gasteiger partial charge in [0.25, 0.3) is 0 Å². The molecule has 3 aromatic rings. The Labute approximate surface area is 136 Å². The van der Waals surface area contributed by atoms with Crippen LogP contribution >= 0.6 is 0 Å². The van der Waals surface area contributed by atoms with E-state index >= 15 is 0 Å². The van der Waals surface area contributed by atoms with E-state index in [1.165, 1.54) is 12.3 Å². The maximum atomic E-state index is 13.5. The summed E-state index contributed by atoms with van der Waals surface area (Å²) in [4.78, 5) is 3.94. The van der Waals surface area contributed by atoms with Crippen molar-refractivity contribution in [2.24, 2.45) is 4.99 Å². The summed E-state index contributed by atoms with van der Waals surface area (Å²) in [5.41, 5.74) is 1.55. The lowest BCUT2D eigenvalue weighted by Gasteiger charge is -1.96. The SMILES string of the molecule is N#Cc1c(-c2ccccc2)noc1CC=Nc1ccc(F)cc1F. The van der Waals surface area contributed by atoms with Gasteiger partial charge in [0.15, 0.2) is 11.6 Å². The third kappa shape index (κ3) is 3.20. The molecule has 0 saturated heterocycles. The Hall–Kier alpha value is -3.33. The summed E-state index contributed by atoms with van der Waals surface area (Å²) in [6, 6.07) is 14.4. The first-order valence-corrected chi connectivity index (χ1v) is 7.10. The Morgan fingerprint density at radius 2 is 1.96 bits per heavy atom. The fraction of sp³-hybridized carbons (Fsp3) is 0.0556. The zero-order valence-corrected chi connectivity index (χ0v) is 12.4. The van der Waals surface area contributed by atoms with E-state index in [9.17, 15) is 14.0 Å². The third-order valence-electron chi connectivity index (χ3n) is 3.34. The van der Waals surface area contributed by atoms with Crippen molar-refractivity contribution >= 4 is 11.9 Å². The molecule has 0 atom stereocenters. The standard InChI is InChI=1S/C18H11F2N3O/c19-13-6-7-16(15(20)10-13)22-9-8-17-14(11-21)18(23-24-17)12-4-2-1-3-5-12/h1-7,9-10H,8H2. The van der Waals surface area contributed by atoms with E-state index < -0.39 is 11.6 Å². The van der Waals surface area contributed by atoms with E-state index in [0.717, 1.165) is 17.7 Å². The van der Waals surface area contributed by atoms with E-state index in [0.29, 0.717) is 17.0 Å². The average molecular weight is 323 g/mol. The van der Waals surface area contributed by atoms with Gasteiger partial charge in [-0.25, -0.2) is 8.78 Å². The van der Waals surface area contributed by atoms with Crippen molar-refractivity contribution in [3.63, 3.8) is 0 Å². The van der Waals surface area contributed by atoms with Crippen LogP contribution in [0.1, 0.15) is 11.3 Å². The monoisotopic (exact) mass is 323 g/mol. The van der Waals surface area contributed by atoms with Crippen LogP contribution < -0.4 is 0 Å². The normalized spacial score (nSPS) is 10.9. The van der Waals surface area contributed by atoms with Crippen LogP contribution in [0.15, 0.2) is 58.0 Å². The molecule has 0 N–H and O–H groups in total. The number of hydrogen-bond donors (Lipinski definition) is 0. The Balaban J connectivity index is 1.83. The fourth-order valence-corrected chi connectivity index (χ4v) is 2.18. The smallest absolute Gasteiger partial charge is 0.160 e. The molecule has 0 fully saturated rings. The quantitative estimate of drug-likeness (QED) is 0.667. The molecule has 3 rings (SSSR count). The second kappa shape index (κ2) is 6.84. The van der Waals surface area contributed by atoms with Crippen LogP contribution in [0.2, 0.25) is 0 Å². The Morgan fingerprint density at radius 1 is 1.17 bits per heavy atom. The van der Waals surface area contributed by atoms with Gasteiger partial charge in [-0.2, -0.15) is 5.26 Å². The molecule has 0 aliphatic rings. The van der Waals surface area contributed by atoms with E-state index in [4.69, 9.17) is 4.52 Å². The molecule has 0 unspecified atom stereocenters. The van der Waals surface area contributed by atoms with Crippen LogP contribution in [0, 0.1) is 23.0 Å². The molecule has 0 bridgehead atoms. The largest absolute Gasteiger partial charge is 0.359 e. The van der Waals surface area contributed by atoms with Crippen molar-refractivity contribution in [1.29, 1.82) is 5.26 Å². The van der Waals surface area contributed by atoms with E-state index in [-0.39, 0.29) is 12.1 Å². The summed E-state index contributed by atoms with van der Waals surface area (Å²) in [6.07, 6.45) is 1.56. The van der Waals surface area contributed by atoms with Crippen molar-refractivity contribution in [2.75, 3.05) is 0 Å². The lowest BCUT2D eigenvalue weighted by Crippen LogP contribution is -1.89. The maximum absolute atomic E-state index is 13.5. The fourth-order valence-electron chi connectivity index (χ4n) is 2.18. The van der Waals surface area contributed by atoms with Crippen molar-refractivity contribution in [1.82, 2.24) is 5.16 Å². The van der Waals surface area contributed by atoms with Crippen LogP contribution in [0.3, 0.4) is 0 Å². The minimum absolute atomic E-state index is 0.0118. The van der Waals surface area contributed by atoms with Crippen LogP contribution in [0.5, 0.6) is 0 Å². The van der Waals surface area contributed by atoms with Crippen LogP contribution in [-0.4, -0.2) is 11.4 Å². The second-order valence-electron chi connectivity index (χ2n) is 4.92. The molecule has 0 saturated carbocycles. The first kappa shape index (κ1) is 15.6. The Kier molecular flexibility index (Phi) is 4.43. The molecule has 0 amide bonds. The van der Waals surface area contributed by atoms with Gasteiger partial charge in [0.2, 0.25) is 0 Å². The number of rotatable bonds is 4. The maximum Gasteiger partial charge on any atom is 0.160 e. The van der Waals surface area contributed by atoms with Crippen molar-refractivity contribution in [2.45, 2.75) is 6.42 Å². The zero-order chi connectivity index (χ0) is 16.9. The Bertz CT molecular complexity index is 927. The minimum atomic E-state index is -0.755. The van der Waals surface area contributed by atoms with Gasteiger partial charge >= 0.3 is 0 Å². The van der Waals surface area contributed by atoms with E-state index in [2.05, 4.69) is 16.2 Å². The van der Waals surface area contributed by atoms with Crippen molar-refractivity contribution in [3.05, 3.63) is 71.5 Å². The molecule has 1 aromatic heterocycles. The number of aliphatic imine (C=N–C) groups is 1. The predicted octanol–water partition coefficient (Wildman–Crippen LogP) is 4.44. The number of nitriles is 1. The molecule has 118 valence electrons. The molecular formula is C18H11F2N3O. The summed E-state index contributed by atoms with van der Waals surface area (Å²) in [5, 5.41) is 13.3. The molecule has 0 spiro atoms. The number of halogens is 2. The molecular weight excluding hydrogens is 312 g/mol. The average Bonchev–Trinajstić information content (AvgIpc) is 3.00. The third-order valence-corrected chi connectivity index (χ3v) is 3.34. The summed E-state index contributed by atoms with van der Waals surface area (Å²) in [6.45, 7) is 0. The van der Waals surface area contributed by atoms with Gasteiger partial charge in [-0.05, 0) is 12.1 Å². The van der Waals surface area contributed by atoms with E-state index in [1.807, 2.05) is 30.3 Å². The molecule has 0 aliphatic heterocycles. The van der Waals surface area contributed by atoms with Gasteiger partial charge in [0.05, 0.1) is 5.69 Å². The van der Waals surface area contributed by atoms with Gasteiger partial charge in [0.1, 0.15) is 23.1 Å². The molecule has 0 aliphatic carbocycles. The van der Waals surface area contributed by atoms with Gasteiger partial charge in [-0.15, -0.1) is 0 Å². The number of aromatic nitrogens is 1.